The number of hydrogen-bond donors (Lipinski definition) is 1. The third kappa shape index (κ3) is 4.18. The Kier molecular flexibility index (Phi) is 6.03. The fourth-order valence-corrected chi connectivity index (χ4v) is 4.80. The number of aryl methyl sites for hydroxylation is 2. The predicted molar refractivity (Wildman–Crippen MR) is 126 cm³/mol. The van der Waals surface area contributed by atoms with Crippen molar-refractivity contribution in [3.63, 3.8) is 0 Å². The molecule has 0 spiro atoms. The van der Waals surface area contributed by atoms with E-state index in [0.29, 0.717) is 18.0 Å². The van der Waals surface area contributed by atoms with Crippen LogP contribution in [0.4, 0.5) is 0 Å². The van der Waals surface area contributed by atoms with Gasteiger partial charge in [-0.2, -0.15) is 5.10 Å². The highest BCUT2D eigenvalue weighted by Crippen LogP contribution is 2.37. The van der Waals surface area contributed by atoms with E-state index in [0.717, 1.165) is 32.9 Å². The molecule has 0 fully saturated rings. The van der Waals surface area contributed by atoms with E-state index in [4.69, 9.17) is 15.2 Å². The first-order valence-electron chi connectivity index (χ1n) is 10.6. The van der Waals surface area contributed by atoms with Crippen LogP contribution in [0.1, 0.15) is 59.1 Å². The number of aliphatic hydroxyl groups is 1. The van der Waals surface area contributed by atoms with E-state index >= 15 is 0 Å². The minimum Gasteiger partial charge on any atom is -0.396 e. The molecule has 4 aromatic rings. The number of benzene rings is 2. The van der Waals surface area contributed by atoms with Crippen LogP contribution in [-0.2, 0) is 0 Å². The molecular weight excluding hydrogens is 406 g/mol. The minimum atomic E-state index is -0.0528. The van der Waals surface area contributed by atoms with Crippen LogP contribution in [0.25, 0.3) is 27.3 Å². The summed E-state index contributed by atoms with van der Waals surface area (Å²) < 4.78 is 1.80. The van der Waals surface area contributed by atoms with Gasteiger partial charge in [0.1, 0.15) is 5.69 Å². The Balaban J connectivity index is 1.89. The molecule has 2 heterocycles. The molecule has 0 radical (unpaired) electrons. The van der Waals surface area contributed by atoms with Gasteiger partial charge in [0.15, 0.2) is 5.78 Å². The Morgan fingerprint density at radius 1 is 1.13 bits per heavy atom. The molecular formula is C25H27N3O2S. The molecule has 0 bridgehead atoms. The van der Waals surface area contributed by atoms with Crippen molar-refractivity contribution in [3.05, 3.63) is 64.2 Å². The van der Waals surface area contributed by atoms with Gasteiger partial charge in [-0.1, -0.05) is 60.6 Å². The Morgan fingerprint density at radius 3 is 2.61 bits per heavy atom. The molecule has 2 aromatic carbocycles. The monoisotopic (exact) mass is 433 g/mol. The summed E-state index contributed by atoms with van der Waals surface area (Å²) in [4.78, 5) is 19.0. The predicted octanol–water partition coefficient (Wildman–Crippen LogP) is 5.84. The van der Waals surface area contributed by atoms with E-state index in [1.54, 1.807) is 16.0 Å². The van der Waals surface area contributed by atoms with Gasteiger partial charge in [0, 0.05) is 28.9 Å². The molecule has 0 aliphatic heterocycles. The van der Waals surface area contributed by atoms with E-state index in [2.05, 4.69) is 45.0 Å². The first kappa shape index (κ1) is 21.4. The van der Waals surface area contributed by atoms with Gasteiger partial charge in [-0.3, -0.25) is 4.79 Å². The molecule has 1 N–H and O–H groups in total. The van der Waals surface area contributed by atoms with E-state index in [1.807, 2.05) is 25.1 Å². The summed E-state index contributed by atoms with van der Waals surface area (Å²) in [5, 5.41) is 15.4. The summed E-state index contributed by atoms with van der Waals surface area (Å²) in [5.41, 5.74) is 5.66. The maximum Gasteiger partial charge on any atom is 0.211 e. The first-order valence-corrected chi connectivity index (χ1v) is 11.4. The van der Waals surface area contributed by atoms with Crippen molar-refractivity contribution in [1.29, 1.82) is 0 Å². The van der Waals surface area contributed by atoms with Gasteiger partial charge in [-0.05, 0) is 44.4 Å². The molecule has 31 heavy (non-hydrogen) atoms. The van der Waals surface area contributed by atoms with Gasteiger partial charge in [-0.15, -0.1) is 0 Å². The van der Waals surface area contributed by atoms with E-state index in [-0.39, 0.29) is 18.8 Å². The van der Waals surface area contributed by atoms with Crippen molar-refractivity contribution < 1.29 is 9.90 Å². The molecule has 0 aliphatic rings. The zero-order chi connectivity index (χ0) is 22.1. The lowest BCUT2D eigenvalue weighted by molar-refractivity contribution is 0.0967. The number of hydrogen-bond acceptors (Lipinski definition) is 5. The number of aliphatic hydroxyl groups excluding tert-OH is 1. The zero-order valence-electron chi connectivity index (χ0n) is 18.3. The second kappa shape index (κ2) is 8.73. The normalized spacial score (nSPS) is 11.5. The van der Waals surface area contributed by atoms with Crippen molar-refractivity contribution >= 4 is 28.0 Å². The molecule has 0 amide bonds. The second-order valence-electron chi connectivity index (χ2n) is 8.26. The average molecular weight is 434 g/mol. The van der Waals surface area contributed by atoms with Gasteiger partial charge in [-0.25, -0.2) is 9.67 Å². The number of thiazole rings is 1. The SMILES string of the molecule is Cc1cccc(-c2nc(-n3nc(C(=O)CCCO)c4cc(C)ccc43)sc2C(C)C)c1. The standard InChI is InChI=1S/C25H27N3O2S/c1-15(2)24-22(18-8-5-7-16(3)13-18)26-25(31-24)28-20-11-10-17(4)14-19(20)23(27-28)21(30)9-6-12-29/h5,7-8,10-11,13-15,29H,6,9,12H2,1-4H3. The van der Waals surface area contributed by atoms with Gasteiger partial charge < -0.3 is 5.11 Å². The number of carbonyl (C=O) groups excluding carboxylic acids is 1. The highest BCUT2D eigenvalue weighted by molar-refractivity contribution is 7.14. The Hall–Kier alpha value is -2.83. The van der Waals surface area contributed by atoms with E-state index < -0.39 is 0 Å². The zero-order valence-corrected chi connectivity index (χ0v) is 19.2. The Labute approximate surface area is 186 Å². The maximum atomic E-state index is 12.8. The number of rotatable bonds is 7. The first-order chi connectivity index (χ1) is 14.9. The second-order valence-corrected chi connectivity index (χ2v) is 9.27. The highest BCUT2D eigenvalue weighted by atomic mass is 32.1. The summed E-state index contributed by atoms with van der Waals surface area (Å²) in [6, 6.07) is 14.4. The van der Waals surface area contributed by atoms with Crippen LogP contribution in [0.3, 0.4) is 0 Å². The molecule has 0 unspecified atom stereocenters. The molecule has 5 nitrogen and oxygen atoms in total. The molecule has 0 atom stereocenters. The fraction of sp³-hybridized carbons (Fsp3) is 0.320. The average Bonchev–Trinajstić information content (AvgIpc) is 3.34. The summed E-state index contributed by atoms with van der Waals surface area (Å²) >= 11 is 1.62. The minimum absolute atomic E-state index is 0.00646. The van der Waals surface area contributed by atoms with Crippen molar-refractivity contribution in [1.82, 2.24) is 14.8 Å². The smallest absolute Gasteiger partial charge is 0.211 e. The van der Waals surface area contributed by atoms with Gasteiger partial charge in [0.2, 0.25) is 5.13 Å². The number of ketones is 1. The molecule has 0 aliphatic carbocycles. The van der Waals surface area contributed by atoms with Crippen molar-refractivity contribution in [2.24, 2.45) is 0 Å². The maximum absolute atomic E-state index is 12.8. The van der Waals surface area contributed by atoms with Crippen LogP contribution < -0.4 is 0 Å². The number of carbonyl (C=O) groups is 1. The molecule has 0 saturated heterocycles. The molecule has 6 heteroatoms. The summed E-state index contributed by atoms with van der Waals surface area (Å²) in [5.74, 6) is 0.263. The Bertz CT molecular complexity index is 1250. The Morgan fingerprint density at radius 2 is 1.90 bits per heavy atom. The van der Waals surface area contributed by atoms with Crippen LogP contribution in [0.15, 0.2) is 42.5 Å². The molecule has 2 aromatic heterocycles. The third-order valence-corrected chi connectivity index (χ3v) is 6.63. The van der Waals surface area contributed by atoms with Gasteiger partial charge in [0.25, 0.3) is 0 Å². The number of aromatic nitrogens is 3. The number of nitrogens with zero attached hydrogens (tertiary/aromatic N) is 3. The van der Waals surface area contributed by atoms with Crippen LogP contribution >= 0.6 is 11.3 Å². The third-order valence-electron chi connectivity index (χ3n) is 5.30. The summed E-state index contributed by atoms with van der Waals surface area (Å²) in [7, 11) is 0. The fourth-order valence-electron chi connectivity index (χ4n) is 3.74. The van der Waals surface area contributed by atoms with Crippen LogP contribution in [0.5, 0.6) is 0 Å². The molecule has 160 valence electrons. The molecule has 4 rings (SSSR count). The number of fused-ring (bicyclic) bond motifs is 1. The largest absolute Gasteiger partial charge is 0.396 e. The van der Waals surface area contributed by atoms with Gasteiger partial charge >= 0.3 is 0 Å². The number of Topliss-reactive ketones (excluding diaryl/α,β-unsaturated/α-hetero) is 1. The summed E-state index contributed by atoms with van der Waals surface area (Å²) in [6.07, 6.45) is 0.714. The lowest BCUT2D eigenvalue weighted by Crippen LogP contribution is -2.03. The summed E-state index contributed by atoms with van der Waals surface area (Å²) in [6.45, 7) is 8.43. The topological polar surface area (TPSA) is 68.0 Å². The molecule has 0 saturated carbocycles. The quantitative estimate of drug-likeness (QED) is 0.372. The van der Waals surface area contributed by atoms with Crippen molar-refractivity contribution in [2.45, 2.75) is 46.5 Å². The van der Waals surface area contributed by atoms with Crippen LogP contribution in [0.2, 0.25) is 0 Å². The van der Waals surface area contributed by atoms with Crippen LogP contribution in [-0.4, -0.2) is 32.3 Å². The highest BCUT2D eigenvalue weighted by Gasteiger charge is 2.22. The van der Waals surface area contributed by atoms with E-state index in [9.17, 15) is 4.79 Å². The lowest BCUT2D eigenvalue weighted by atomic mass is 10.0. The van der Waals surface area contributed by atoms with Crippen molar-refractivity contribution in [2.75, 3.05) is 6.61 Å². The van der Waals surface area contributed by atoms with Crippen molar-refractivity contribution in [3.8, 4) is 16.4 Å². The van der Waals surface area contributed by atoms with E-state index in [1.165, 1.54) is 10.4 Å². The lowest BCUT2D eigenvalue weighted by Gasteiger charge is -2.05. The van der Waals surface area contributed by atoms with Crippen LogP contribution in [0, 0.1) is 13.8 Å². The van der Waals surface area contributed by atoms with Gasteiger partial charge in [0.05, 0.1) is 11.2 Å².